The largest absolute Gasteiger partial charge is 0.497 e. The Morgan fingerprint density at radius 1 is 0.806 bits per heavy atom. The molecule has 2 heterocycles. The van der Waals surface area contributed by atoms with Gasteiger partial charge in [0.2, 0.25) is 0 Å². The van der Waals surface area contributed by atoms with Crippen LogP contribution in [0.3, 0.4) is 0 Å². The zero-order valence-corrected chi connectivity index (χ0v) is 16.4. The van der Waals surface area contributed by atoms with Gasteiger partial charge in [0.25, 0.3) is 0 Å². The summed E-state index contributed by atoms with van der Waals surface area (Å²) in [5, 5.41) is 0. The summed E-state index contributed by atoms with van der Waals surface area (Å²) in [6.45, 7) is 0. The van der Waals surface area contributed by atoms with E-state index in [0.717, 1.165) is 29.0 Å². The minimum atomic E-state index is -4.37. The van der Waals surface area contributed by atoms with Gasteiger partial charge in [0.05, 0.1) is 18.2 Å². The highest BCUT2D eigenvalue weighted by Gasteiger charge is 2.29. The summed E-state index contributed by atoms with van der Waals surface area (Å²) in [4.78, 5) is 4.52. The Bertz CT molecular complexity index is 1340. The first-order valence-corrected chi connectivity index (χ1v) is 9.26. The minimum Gasteiger partial charge on any atom is -0.497 e. The number of rotatable bonds is 1. The van der Waals surface area contributed by atoms with Gasteiger partial charge in [0.1, 0.15) is 11.4 Å². The molecule has 0 amide bonds. The number of hydrogen-bond donors (Lipinski definition) is 0. The average molecular weight is 416 g/mol. The van der Waals surface area contributed by atoms with Gasteiger partial charge < -0.3 is 4.74 Å². The molecule has 0 N–H and O–H groups in total. The topological polar surface area (TPSA) is 26.5 Å². The van der Waals surface area contributed by atoms with Gasteiger partial charge in [-0.2, -0.15) is 13.2 Å². The Balaban J connectivity index is 1.66. The third-order valence-electron chi connectivity index (χ3n) is 4.49. The monoisotopic (exact) mass is 416 g/mol. The maximum Gasteiger partial charge on any atom is 0.416 e. The Kier molecular flexibility index (Phi) is 5.39. The summed E-state index contributed by atoms with van der Waals surface area (Å²) < 4.78 is 45.1. The lowest BCUT2D eigenvalue weighted by atomic mass is 10.1. The SMILES string of the molecule is COc1ccc(C#Cc2nc(C#Cc3ccc(C(F)(F)F)cc3)c3ccccn23)cc1. The molecule has 4 aromatic rings. The summed E-state index contributed by atoms with van der Waals surface area (Å²) in [6, 6.07) is 17.7. The van der Waals surface area contributed by atoms with Crippen LogP contribution in [-0.4, -0.2) is 16.5 Å². The van der Waals surface area contributed by atoms with Crippen LogP contribution in [0.25, 0.3) is 5.52 Å². The molecule has 2 aromatic heterocycles. The number of alkyl halides is 3. The second-order valence-corrected chi connectivity index (χ2v) is 6.54. The molecule has 0 aliphatic heterocycles. The summed E-state index contributed by atoms with van der Waals surface area (Å²) >= 11 is 0. The van der Waals surface area contributed by atoms with Crippen molar-refractivity contribution in [2.24, 2.45) is 0 Å². The normalized spacial score (nSPS) is 10.7. The molecular formula is C25H15F3N2O. The molecule has 4 rings (SSSR count). The Hall–Kier alpha value is -4.16. The standard InChI is InChI=1S/C25H15F3N2O/c1-31-21-13-7-19(8-14-21)10-16-24-29-22(23-4-2-3-17-30(23)24)15-9-18-5-11-20(12-6-18)25(26,27)28/h2-8,11-14,17H,1H3. The van der Waals surface area contributed by atoms with E-state index in [-0.39, 0.29) is 0 Å². The highest BCUT2D eigenvalue weighted by Crippen LogP contribution is 2.29. The van der Waals surface area contributed by atoms with Gasteiger partial charge in [-0.3, -0.25) is 4.40 Å². The molecule has 6 heteroatoms. The van der Waals surface area contributed by atoms with Crippen molar-refractivity contribution in [3.05, 3.63) is 101 Å². The summed E-state index contributed by atoms with van der Waals surface area (Å²) in [5.74, 6) is 13.2. The van der Waals surface area contributed by atoms with Crippen molar-refractivity contribution in [2.75, 3.05) is 7.11 Å². The van der Waals surface area contributed by atoms with Crippen LogP contribution in [0.5, 0.6) is 5.75 Å². The number of aromatic nitrogens is 2. The van der Waals surface area contributed by atoms with E-state index in [2.05, 4.69) is 28.7 Å². The second kappa shape index (κ2) is 8.30. The molecule has 0 saturated carbocycles. The maximum atomic E-state index is 12.7. The molecule has 0 fully saturated rings. The zero-order chi connectivity index (χ0) is 21.8. The Labute approximate surface area is 177 Å². The Morgan fingerprint density at radius 3 is 2.10 bits per heavy atom. The minimum absolute atomic E-state index is 0.468. The van der Waals surface area contributed by atoms with Gasteiger partial charge in [0.15, 0.2) is 5.82 Å². The van der Waals surface area contributed by atoms with E-state index in [9.17, 15) is 13.2 Å². The molecule has 0 radical (unpaired) electrons. The molecule has 3 nitrogen and oxygen atoms in total. The number of benzene rings is 2. The van der Waals surface area contributed by atoms with Crippen LogP contribution in [0.2, 0.25) is 0 Å². The van der Waals surface area contributed by atoms with Crippen LogP contribution in [0.15, 0.2) is 72.9 Å². The highest BCUT2D eigenvalue weighted by molar-refractivity contribution is 5.63. The highest BCUT2D eigenvalue weighted by atomic mass is 19.4. The first-order valence-electron chi connectivity index (χ1n) is 9.26. The molecule has 0 saturated heterocycles. The van der Waals surface area contributed by atoms with E-state index >= 15 is 0 Å². The van der Waals surface area contributed by atoms with Crippen molar-refractivity contribution in [2.45, 2.75) is 6.18 Å². The number of ether oxygens (including phenoxy) is 1. The molecule has 0 spiro atoms. The number of imidazole rings is 1. The number of pyridine rings is 1. The first-order chi connectivity index (χ1) is 14.9. The van der Waals surface area contributed by atoms with E-state index in [1.807, 2.05) is 53.1 Å². The van der Waals surface area contributed by atoms with Gasteiger partial charge >= 0.3 is 6.18 Å². The van der Waals surface area contributed by atoms with Crippen LogP contribution in [0.1, 0.15) is 28.2 Å². The fourth-order valence-corrected chi connectivity index (χ4v) is 2.89. The fourth-order valence-electron chi connectivity index (χ4n) is 2.89. The molecular weight excluding hydrogens is 401 g/mol. The number of fused-ring (bicyclic) bond motifs is 1. The van der Waals surface area contributed by atoms with E-state index in [1.54, 1.807) is 7.11 Å². The van der Waals surface area contributed by atoms with E-state index < -0.39 is 11.7 Å². The van der Waals surface area contributed by atoms with E-state index in [1.165, 1.54) is 12.1 Å². The molecule has 0 atom stereocenters. The van der Waals surface area contributed by atoms with Crippen molar-refractivity contribution < 1.29 is 17.9 Å². The van der Waals surface area contributed by atoms with Gasteiger partial charge in [-0.1, -0.05) is 17.9 Å². The molecule has 31 heavy (non-hydrogen) atoms. The van der Waals surface area contributed by atoms with Gasteiger partial charge in [-0.05, 0) is 72.5 Å². The smallest absolute Gasteiger partial charge is 0.416 e. The number of hydrogen-bond acceptors (Lipinski definition) is 2. The van der Waals surface area contributed by atoms with Gasteiger partial charge in [-0.25, -0.2) is 4.98 Å². The summed E-state index contributed by atoms with van der Waals surface area (Å²) in [5.41, 5.74) is 1.84. The number of nitrogens with zero attached hydrogens (tertiary/aromatic N) is 2. The molecule has 0 unspecified atom stereocenters. The lowest BCUT2D eigenvalue weighted by Gasteiger charge is -2.05. The first kappa shape index (κ1) is 20.1. The third kappa shape index (κ3) is 4.55. The summed E-state index contributed by atoms with van der Waals surface area (Å²) in [6.07, 6.45) is -2.53. The molecule has 0 aliphatic rings. The predicted molar refractivity (Wildman–Crippen MR) is 112 cm³/mol. The summed E-state index contributed by atoms with van der Waals surface area (Å²) in [7, 11) is 1.60. The number of methoxy groups -OCH3 is 1. The quantitative estimate of drug-likeness (QED) is 0.401. The van der Waals surface area contributed by atoms with Gasteiger partial charge in [0, 0.05) is 17.3 Å². The third-order valence-corrected chi connectivity index (χ3v) is 4.49. The van der Waals surface area contributed by atoms with Crippen LogP contribution in [-0.2, 0) is 6.18 Å². The predicted octanol–water partition coefficient (Wildman–Crippen LogP) is 5.16. The average Bonchev–Trinajstić information content (AvgIpc) is 3.14. The lowest BCUT2D eigenvalue weighted by molar-refractivity contribution is -0.137. The lowest BCUT2D eigenvalue weighted by Crippen LogP contribution is -2.04. The van der Waals surface area contributed by atoms with Crippen molar-refractivity contribution in [3.63, 3.8) is 0 Å². The molecule has 0 bridgehead atoms. The van der Waals surface area contributed by atoms with E-state index in [4.69, 9.17) is 4.74 Å². The van der Waals surface area contributed by atoms with Crippen molar-refractivity contribution in [3.8, 4) is 29.4 Å². The molecule has 2 aromatic carbocycles. The Morgan fingerprint density at radius 2 is 1.45 bits per heavy atom. The van der Waals surface area contributed by atoms with Crippen molar-refractivity contribution in [1.29, 1.82) is 0 Å². The maximum absolute atomic E-state index is 12.7. The number of halogens is 3. The van der Waals surface area contributed by atoms with Crippen molar-refractivity contribution in [1.82, 2.24) is 9.38 Å². The van der Waals surface area contributed by atoms with Crippen LogP contribution in [0.4, 0.5) is 13.2 Å². The van der Waals surface area contributed by atoms with Crippen LogP contribution in [0, 0.1) is 23.7 Å². The van der Waals surface area contributed by atoms with E-state index in [0.29, 0.717) is 17.1 Å². The molecule has 152 valence electrons. The van der Waals surface area contributed by atoms with Crippen LogP contribution < -0.4 is 4.74 Å². The fraction of sp³-hybridized carbons (Fsp3) is 0.0800. The zero-order valence-electron chi connectivity index (χ0n) is 16.4. The van der Waals surface area contributed by atoms with Crippen molar-refractivity contribution >= 4 is 5.52 Å². The van der Waals surface area contributed by atoms with Crippen LogP contribution >= 0.6 is 0 Å². The van der Waals surface area contributed by atoms with Gasteiger partial charge in [-0.15, -0.1) is 0 Å². The molecule has 0 aliphatic carbocycles. The second-order valence-electron chi connectivity index (χ2n) is 6.54.